The van der Waals surface area contributed by atoms with Gasteiger partial charge in [-0.3, -0.25) is 5.10 Å². The van der Waals surface area contributed by atoms with Crippen molar-refractivity contribution in [1.29, 1.82) is 0 Å². The van der Waals surface area contributed by atoms with Crippen LogP contribution in [0.15, 0.2) is 73.1 Å². The van der Waals surface area contributed by atoms with Crippen LogP contribution in [-0.2, 0) is 0 Å². The van der Waals surface area contributed by atoms with Crippen molar-refractivity contribution in [2.45, 2.75) is 6.92 Å². The minimum absolute atomic E-state index is 0.710. The van der Waals surface area contributed by atoms with E-state index in [0.29, 0.717) is 5.02 Å². The van der Waals surface area contributed by atoms with Gasteiger partial charge in [-0.15, -0.1) is 0 Å². The lowest BCUT2D eigenvalue weighted by Gasteiger charge is -2.13. The normalized spacial score (nSPS) is 10.7. The molecule has 2 heterocycles. The molecule has 4 rings (SSSR count). The number of nitrogens with zero attached hydrogens (tertiary/aromatic N) is 2. The number of hydrogen-bond donors (Lipinski definition) is 2. The number of aromatic nitrogens is 3. The Bertz CT molecular complexity index is 1010. The maximum atomic E-state index is 6.00. The van der Waals surface area contributed by atoms with Crippen LogP contribution < -0.4 is 5.32 Å². The summed E-state index contributed by atoms with van der Waals surface area (Å²) in [7, 11) is 0. The highest BCUT2D eigenvalue weighted by Gasteiger charge is 2.10. The van der Waals surface area contributed by atoms with Crippen LogP contribution in [0.4, 0.5) is 11.5 Å². The van der Waals surface area contributed by atoms with Gasteiger partial charge >= 0.3 is 0 Å². The quantitative estimate of drug-likeness (QED) is 0.480. The summed E-state index contributed by atoms with van der Waals surface area (Å²) < 4.78 is 0. The van der Waals surface area contributed by atoms with Gasteiger partial charge in [-0.05, 0) is 36.8 Å². The highest BCUT2D eigenvalue weighted by molar-refractivity contribution is 6.30. The Morgan fingerprint density at radius 2 is 1.62 bits per heavy atom. The molecular formula is C21H17ClN4. The first-order valence-corrected chi connectivity index (χ1v) is 8.67. The summed E-state index contributed by atoms with van der Waals surface area (Å²) in [6.07, 6.45) is 3.53. The molecule has 0 unspecified atom stereocenters. The molecule has 0 aliphatic carbocycles. The molecule has 5 heteroatoms. The third-order valence-corrected chi connectivity index (χ3v) is 4.41. The van der Waals surface area contributed by atoms with Gasteiger partial charge in [0.2, 0.25) is 0 Å². The summed E-state index contributed by atoms with van der Waals surface area (Å²) in [6.45, 7) is 2.08. The Morgan fingerprint density at radius 1 is 0.885 bits per heavy atom. The second-order valence-electron chi connectivity index (χ2n) is 6.08. The molecule has 2 aromatic heterocycles. The van der Waals surface area contributed by atoms with Gasteiger partial charge in [-0.25, -0.2) is 4.98 Å². The van der Waals surface area contributed by atoms with E-state index in [1.54, 1.807) is 12.4 Å². The maximum absolute atomic E-state index is 6.00. The minimum atomic E-state index is 0.710. The van der Waals surface area contributed by atoms with Crippen LogP contribution in [-0.4, -0.2) is 15.2 Å². The van der Waals surface area contributed by atoms with Gasteiger partial charge in [0, 0.05) is 22.3 Å². The Labute approximate surface area is 156 Å². The van der Waals surface area contributed by atoms with Gasteiger partial charge in [0.15, 0.2) is 0 Å². The van der Waals surface area contributed by atoms with Crippen molar-refractivity contribution in [3.05, 3.63) is 83.6 Å². The minimum Gasteiger partial charge on any atom is -0.337 e. The van der Waals surface area contributed by atoms with E-state index in [1.165, 1.54) is 5.56 Å². The van der Waals surface area contributed by atoms with Gasteiger partial charge in [-0.1, -0.05) is 53.6 Å². The molecule has 128 valence electrons. The van der Waals surface area contributed by atoms with Crippen LogP contribution in [0.3, 0.4) is 0 Å². The van der Waals surface area contributed by atoms with E-state index in [0.717, 1.165) is 33.9 Å². The molecule has 0 spiro atoms. The summed E-state index contributed by atoms with van der Waals surface area (Å²) in [5.41, 5.74) is 6.12. The monoisotopic (exact) mass is 360 g/mol. The summed E-state index contributed by atoms with van der Waals surface area (Å²) in [6, 6.07) is 20.2. The first-order valence-electron chi connectivity index (χ1n) is 8.29. The summed E-state index contributed by atoms with van der Waals surface area (Å²) in [5.74, 6) is 0.780. The Hall–Kier alpha value is -3.11. The lowest BCUT2D eigenvalue weighted by molar-refractivity contribution is 1.09. The molecule has 0 saturated heterocycles. The van der Waals surface area contributed by atoms with Crippen molar-refractivity contribution < 1.29 is 0 Å². The Kier molecular flexibility index (Phi) is 4.42. The molecule has 0 aliphatic rings. The van der Waals surface area contributed by atoms with Crippen LogP contribution in [0, 0.1) is 6.92 Å². The third kappa shape index (κ3) is 3.46. The third-order valence-electron chi connectivity index (χ3n) is 4.16. The standard InChI is InChI=1S/C21H17ClN4/c1-14-2-4-15(5-3-14)19-10-11-20(16-6-8-17(22)9-7-16)26-21(19)25-18-12-23-24-13-18/h2-13H,1H3,(H,23,24)(H,25,26). The largest absolute Gasteiger partial charge is 0.337 e. The van der Waals surface area contributed by atoms with Crippen molar-refractivity contribution >= 4 is 23.1 Å². The maximum Gasteiger partial charge on any atom is 0.139 e. The van der Waals surface area contributed by atoms with E-state index in [-0.39, 0.29) is 0 Å². The molecule has 0 radical (unpaired) electrons. The molecule has 4 aromatic rings. The first kappa shape index (κ1) is 16.4. The van der Waals surface area contributed by atoms with Crippen molar-refractivity contribution in [2.24, 2.45) is 0 Å². The van der Waals surface area contributed by atoms with Crippen LogP contribution in [0.5, 0.6) is 0 Å². The lowest BCUT2D eigenvalue weighted by Crippen LogP contribution is -1.97. The molecule has 0 fully saturated rings. The SMILES string of the molecule is Cc1ccc(-c2ccc(-c3ccc(Cl)cc3)nc2Nc2cn[nH]c2)cc1. The van der Waals surface area contributed by atoms with Gasteiger partial charge in [0.05, 0.1) is 17.6 Å². The first-order chi connectivity index (χ1) is 12.7. The Balaban J connectivity index is 1.80. The van der Waals surface area contributed by atoms with Crippen LogP contribution in [0.25, 0.3) is 22.4 Å². The van der Waals surface area contributed by atoms with Crippen molar-refractivity contribution in [1.82, 2.24) is 15.2 Å². The molecule has 4 nitrogen and oxygen atoms in total. The van der Waals surface area contributed by atoms with Gasteiger partial charge < -0.3 is 5.32 Å². The molecule has 0 saturated carbocycles. The van der Waals surface area contributed by atoms with E-state index in [1.807, 2.05) is 30.3 Å². The molecule has 0 aliphatic heterocycles. The lowest BCUT2D eigenvalue weighted by atomic mass is 10.0. The molecule has 26 heavy (non-hydrogen) atoms. The van der Waals surface area contributed by atoms with Crippen LogP contribution in [0.1, 0.15) is 5.56 Å². The Morgan fingerprint density at radius 3 is 2.31 bits per heavy atom. The fraction of sp³-hybridized carbons (Fsp3) is 0.0476. The number of anilines is 2. The number of halogens is 1. The van der Waals surface area contributed by atoms with Gasteiger partial charge in [-0.2, -0.15) is 5.10 Å². The average molecular weight is 361 g/mol. The molecular weight excluding hydrogens is 344 g/mol. The number of aromatic amines is 1. The van der Waals surface area contributed by atoms with Crippen molar-refractivity contribution in [3.8, 4) is 22.4 Å². The number of aryl methyl sites for hydroxylation is 1. The summed E-state index contributed by atoms with van der Waals surface area (Å²) >= 11 is 6.00. The highest BCUT2D eigenvalue weighted by Crippen LogP contribution is 2.32. The fourth-order valence-electron chi connectivity index (χ4n) is 2.76. The number of hydrogen-bond acceptors (Lipinski definition) is 3. The molecule has 2 N–H and O–H groups in total. The predicted molar refractivity (Wildman–Crippen MR) is 107 cm³/mol. The van der Waals surface area contributed by atoms with Gasteiger partial charge in [0.25, 0.3) is 0 Å². The van der Waals surface area contributed by atoms with E-state index in [9.17, 15) is 0 Å². The molecule has 0 atom stereocenters. The zero-order valence-corrected chi connectivity index (χ0v) is 15.0. The number of pyridine rings is 1. The molecule has 0 amide bonds. The average Bonchev–Trinajstić information content (AvgIpc) is 3.16. The fourth-order valence-corrected chi connectivity index (χ4v) is 2.88. The number of H-pyrrole nitrogens is 1. The van der Waals surface area contributed by atoms with E-state index in [2.05, 4.69) is 52.8 Å². The smallest absolute Gasteiger partial charge is 0.139 e. The zero-order chi connectivity index (χ0) is 17.9. The van der Waals surface area contributed by atoms with Crippen molar-refractivity contribution in [2.75, 3.05) is 5.32 Å². The highest BCUT2D eigenvalue weighted by atomic mass is 35.5. The molecule has 2 aromatic carbocycles. The van der Waals surface area contributed by atoms with E-state index < -0.39 is 0 Å². The summed E-state index contributed by atoms with van der Waals surface area (Å²) in [5, 5.41) is 10.9. The van der Waals surface area contributed by atoms with E-state index in [4.69, 9.17) is 16.6 Å². The molecule has 0 bridgehead atoms. The number of rotatable bonds is 4. The predicted octanol–water partition coefficient (Wildman–Crippen LogP) is 5.84. The van der Waals surface area contributed by atoms with Gasteiger partial charge in [0.1, 0.15) is 5.82 Å². The second-order valence-corrected chi connectivity index (χ2v) is 6.51. The topological polar surface area (TPSA) is 53.6 Å². The number of nitrogens with one attached hydrogen (secondary N) is 2. The second kappa shape index (κ2) is 7.02. The van der Waals surface area contributed by atoms with Crippen LogP contribution in [0.2, 0.25) is 5.02 Å². The van der Waals surface area contributed by atoms with Crippen LogP contribution >= 0.6 is 11.6 Å². The number of benzene rings is 2. The van der Waals surface area contributed by atoms with Crippen molar-refractivity contribution in [3.63, 3.8) is 0 Å². The van der Waals surface area contributed by atoms with E-state index >= 15 is 0 Å². The zero-order valence-electron chi connectivity index (χ0n) is 14.2. The summed E-state index contributed by atoms with van der Waals surface area (Å²) in [4.78, 5) is 4.85.